The average molecular weight is 2130 g/mol. The Hall–Kier alpha value is -9.40. The summed E-state index contributed by atoms with van der Waals surface area (Å²) >= 11 is 24.5. The first-order chi connectivity index (χ1) is 56.8. The van der Waals surface area contributed by atoms with Crippen LogP contribution in [0.3, 0.4) is 0 Å². The summed E-state index contributed by atoms with van der Waals surface area (Å²) < 4.78 is 70.0. The van der Waals surface area contributed by atoms with E-state index in [4.69, 9.17) is 78.6 Å². The van der Waals surface area contributed by atoms with Gasteiger partial charge in [0.15, 0.2) is 0 Å². The molecule has 1 fully saturated rings. The van der Waals surface area contributed by atoms with Gasteiger partial charge in [-0.1, -0.05) is 6.07 Å². The summed E-state index contributed by atoms with van der Waals surface area (Å²) in [4.78, 5) is 135. The number of nitrogens with one attached hydrogen (secondary N) is 3. The fraction of sp³-hybridized carbons (Fsp3) is 0.380. The molecule has 8 aromatic heterocycles. The van der Waals surface area contributed by atoms with E-state index in [1.54, 1.807) is 53.1 Å². The Morgan fingerprint density at radius 1 is 0.451 bits per heavy atom. The third-order valence-electron chi connectivity index (χ3n) is 15.8. The number of carbonyl (C=O) groups excluding carboxylic acids is 4. The Morgan fingerprint density at radius 2 is 0.795 bits per heavy atom. The van der Waals surface area contributed by atoms with Crippen molar-refractivity contribution in [3.05, 3.63) is 218 Å². The Bertz CT molecular complexity index is 5030. The number of methoxy groups -OCH3 is 10. The summed E-state index contributed by atoms with van der Waals surface area (Å²) in [5.41, 5.74) is 2.54. The molecule has 0 unspecified atom stereocenters. The van der Waals surface area contributed by atoms with Gasteiger partial charge < -0.3 is 91.4 Å². The van der Waals surface area contributed by atoms with E-state index in [1.807, 2.05) is 87.4 Å². The first-order valence-electron chi connectivity index (χ1n) is 35.4. The molecule has 9 rings (SSSR count). The predicted molar refractivity (Wildman–Crippen MR) is 479 cm³/mol. The van der Waals surface area contributed by atoms with Gasteiger partial charge in [0.25, 0.3) is 17.1 Å². The SMILES string of the molecule is COC(=O)C(C)(C)Cc1cnc(OC)c(B2OC(C)(C)C(C)(C)O2)c1.COC(=O)C(C)(C)Cc1cnc(OC)c(Br)c1.COC(=O)c1c[nH]c(=O)c(Br)c1.COC(=O)c1cnc(OC)c(Br)c1.COC(O[Si](C)(C)C)=C(C)C.COc1ncc(C(=O)O)cc1Br.COc1ncc(CCl)cc1Br.O=C(O)c1c[nH]c(=O)c(Br)c1.O=C(O)c1ccc(=O)[nH]c1. The van der Waals surface area contributed by atoms with E-state index >= 15 is 0 Å². The van der Waals surface area contributed by atoms with Gasteiger partial charge in [0, 0.05) is 72.6 Å². The van der Waals surface area contributed by atoms with Crippen molar-refractivity contribution in [1.82, 2.24) is 39.9 Å². The number of esters is 4. The number of carbonyl (C=O) groups is 7. The molecule has 0 atom stereocenters. The fourth-order valence-corrected chi connectivity index (χ4v) is 12.8. The van der Waals surface area contributed by atoms with Crippen molar-refractivity contribution in [3.63, 3.8) is 0 Å². The van der Waals surface area contributed by atoms with Gasteiger partial charge in [-0.05, 0) is 256 Å². The molecule has 0 amide bonds. The van der Waals surface area contributed by atoms with Gasteiger partial charge in [0.1, 0.15) is 0 Å². The summed E-state index contributed by atoms with van der Waals surface area (Å²) in [7, 11) is 12.6. The molecule has 8 aromatic rings. The number of halogens is 7. The highest BCUT2D eigenvalue weighted by atomic mass is 79.9. The fourth-order valence-electron chi connectivity index (χ4n) is 8.98. The second-order valence-corrected chi connectivity index (χ2v) is 37.9. The normalized spacial score (nSPS) is 11.8. The van der Waals surface area contributed by atoms with Crippen molar-refractivity contribution in [2.45, 2.75) is 119 Å². The van der Waals surface area contributed by atoms with E-state index < -0.39 is 67.3 Å². The number of carboxylic acid groups (broad SMARTS) is 3. The first-order valence-corrected chi connectivity index (χ1v) is 44.1. The zero-order chi connectivity index (χ0) is 93.5. The van der Waals surface area contributed by atoms with Crippen LogP contribution < -0.4 is 45.8 Å². The zero-order valence-electron chi connectivity index (χ0n) is 71.1. The first kappa shape index (κ1) is 111. The molecule has 6 N–H and O–H groups in total. The number of alkyl halides is 1. The van der Waals surface area contributed by atoms with Crippen LogP contribution >= 0.6 is 107 Å². The summed E-state index contributed by atoms with van der Waals surface area (Å²) in [6.07, 6.45) is 12.4. The van der Waals surface area contributed by atoms with Gasteiger partial charge in [-0.3, -0.25) is 24.0 Å². The largest absolute Gasteiger partial charge is 0.520 e. The van der Waals surface area contributed by atoms with Crippen molar-refractivity contribution in [1.29, 1.82) is 0 Å². The van der Waals surface area contributed by atoms with Gasteiger partial charge in [-0.2, -0.15) is 0 Å². The molecule has 0 radical (unpaired) electrons. The van der Waals surface area contributed by atoms with Gasteiger partial charge in [-0.25, -0.2) is 48.9 Å². The number of hydrogen-bond donors (Lipinski definition) is 6. The number of allylic oxidation sites excluding steroid dienone is 1. The lowest BCUT2D eigenvalue weighted by Crippen LogP contribution is -2.41. The number of hydrogen-bond acceptors (Lipinski definition) is 28. The van der Waals surface area contributed by atoms with E-state index in [0.29, 0.717) is 78.6 Å². The smallest absolute Gasteiger partial charge is 0.500 e. The molecule has 0 bridgehead atoms. The van der Waals surface area contributed by atoms with Crippen LogP contribution in [0.1, 0.15) is 138 Å². The van der Waals surface area contributed by atoms with E-state index in [9.17, 15) is 47.9 Å². The number of aromatic amines is 3. The van der Waals surface area contributed by atoms with E-state index in [-0.39, 0.29) is 49.8 Å². The molecular weight excluding hydrogens is 2030 g/mol. The number of H-pyrrole nitrogens is 3. The third kappa shape index (κ3) is 37.8. The average Bonchev–Trinajstić information content (AvgIpc) is 1.61. The molecule has 0 spiro atoms. The van der Waals surface area contributed by atoms with E-state index in [1.165, 1.54) is 91.6 Å². The van der Waals surface area contributed by atoms with Crippen molar-refractivity contribution in [3.8, 4) is 29.4 Å². The number of ether oxygens (including phenoxy) is 10. The van der Waals surface area contributed by atoms with Crippen LogP contribution in [0.25, 0.3) is 0 Å². The van der Waals surface area contributed by atoms with Crippen LogP contribution in [0.5, 0.6) is 29.4 Å². The quantitative estimate of drug-likeness (QED) is 0.0128. The summed E-state index contributed by atoms with van der Waals surface area (Å²) in [6, 6.07) is 13.8. The van der Waals surface area contributed by atoms with Crippen LogP contribution in [0.15, 0.2) is 157 Å². The summed E-state index contributed by atoms with van der Waals surface area (Å²) in [5, 5.41) is 25.4. The molecular formula is C79H98BBr6ClN8O26Si. The topological polar surface area (TPSA) is 463 Å². The van der Waals surface area contributed by atoms with Crippen LogP contribution in [0.4, 0.5) is 0 Å². The summed E-state index contributed by atoms with van der Waals surface area (Å²) in [5.74, 6) is -0.981. The number of nitrogens with zero attached hydrogens (tertiary/aromatic N) is 5. The minimum absolute atomic E-state index is 0.0523. The molecule has 1 aliphatic heterocycles. The molecule has 0 aliphatic carbocycles. The van der Waals surface area contributed by atoms with Crippen molar-refractivity contribution in [2.24, 2.45) is 10.8 Å². The Balaban J connectivity index is 0.000000698. The standard InChI is InChI=1S/C18H28BNO5.C12H16BrNO3.C8H8BrNO3.C8H18O2Si.C7H7BrClNO.2C7H6BrNO3.C6H4BrNO3.C6H5NO3/c1-16(2,15(21)23-8)10-12-9-13(14(22-7)20-11-12)19-24-17(3,4)18(5,6)25-19;1-12(2,11(15)17-4)6-8-5-9(13)10(16-3)14-7-8;1-12-7-6(9)3-5(4-10-7)8(11)13-2;1-7(2)8(9-3)10-11(4,5)6;1-11-7-6(8)2-5(3-9)4-10-7;1-12-6-5(8)2-4(3-9-6)7(10)11;1-12-7(11)4-2-5(8)6(10)9-3-4;7-4-1-3(6(10)11)2-8-5(4)9;8-5-2-1-4(3-7-5)6(9)10/h9,11H,10H2,1-8H3;5,7H,6H2,1-4H3;3-4H,1-2H3;1-6H3;2,4H,3H2,1H3;2-3H,1H3,(H,10,11);2-3H,1H3,(H,9,10);1-2H,(H,8,9)(H,10,11);1-3H,(H,7,8)(H,9,10). The van der Waals surface area contributed by atoms with E-state index in [2.05, 4.69) is 165 Å². The maximum absolute atomic E-state index is 12.0. The molecule has 0 aromatic carbocycles. The van der Waals surface area contributed by atoms with Crippen molar-refractivity contribution >= 4 is 170 Å². The highest BCUT2D eigenvalue weighted by molar-refractivity contribution is 9.11. The van der Waals surface area contributed by atoms with Crippen LogP contribution in [0.2, 0.25) is 19.6 Å². The molecule has 1 aliphatic rings. The zero-order valence-corrected chi connectivity index (χ0v) is 82.4. The lowest BCUT2D eigenvalue weighted by Gasteiger charge is -2.32. The molecule has 9 heterocycles. The highest BCUT2D eigenvalue weighted by Crippen LogP contribution is 2.38. The molecule has 1 saturated heterocycles. The van der Waals surface area contributed by atoms with Gasteiger partial charge in [0.2, 0.25) is 43.3 Å². The number of rotatable bonds is 21. The second-order valence-electron chi connectivity index (χ2n) is 28.0. The van der Waals surface area contributed by atoms with Gasteiger partial charge in [-0.15, -0.1) is 11.6 Å². The third-order valence-corrected chi connectivity index (χ3v) is 20.3. The number of aromatic carboxylic acids is 3. The Morgan fingerprint density at radius 3 is 1.13 bits per heavy atom. The summed E-state index contributed by atoms with van der Waals surface area (Å²) in [6.45, 7) is 25.7. The number of aromatic nitrogens is 8. The molecule has 34 nitrogen and oxygen atoms in total. The monoisotopic (exact) mass is 2120 g/mol. The van der Waals surface area contributed by atoms with Crippen LogP contribution in [-0.4, -0.2) is 195 Å². The maximum atomic E-state index is 12.0. The second kappa shape index (κ2) is 52.9. The van der Waals surface area contributed by atoms with Crippen molar-refractivity contribution < 1.29 is 110 Å². The van der Waals surface area contributed by atoms with E-state index in [0.717, 1.165) is 49.1 Å². The molecule has 666 valence electrons. The Labute approximate surface area is 762 Å². The number of pyridine rings is 8. The predicted octanol–water partition coefficient (Wildman–Crippen LogP) is 15.1. The minimum Gasteiger partial charge on any atom is -0.520 e. The Kier molecular flexibility index (Phi) is 48.0. The number of carboxylic acids is 3. The van der Waals surface area contributed by atoms with Gasteiger partial charge in [0.05, 0.1) is 148 Å². The lowest BCUT2D eigenvalue weighted by molar-refractivity contribution is -0.151. The van der Waals surface area contributed by atoms with Crippen molar-refractivity contribution in [2.75, 3.05) is 71.1 Å². The maximum Gasteiger partial charge on any atom is 0.500 e. The lowest BCUT2D eigenvalue weighted by atomic mass is 9.77. The highest BCUT2D eigenvalue weighted by Gasteiger charge is 2.53. The molecule has 43 heteroatoms. The van der Waals surface area contributed by atoms with Crippen LogP contribution in [-0.2, 0) is 65.7 Å². The van der Waals surface area contributed by atoms with Crippen LogP contribution in [0, 0.1) is 10.8 Å². The molecule has 122 heavy (non-hydrogen) atoms. The molecule has 0 saturated carbocycles. The van der Waals surface area contributed by atoms with Gasteiger partial charge >= 0.3 is 48.9 Å². The minimum atomic E-state index is -1.49.